The number of thioether (sulfide) groups is 1. The fourth-order valence-corrected chi connectivity index (χ4v) is 2.22. The number of halogens is 1. The second-order valence-corrected chi connectivity index (χ2v) is 5.41. The average molecular weight is 323 g/mol. The third-order valence-corrected chi connectivity index (χ3v) is 3.40. The predicted molar refractivity (Wildman–Crippen MR) is 82.2 cm³/mol. The number of carbonyl (C=O) groups excluding carboxylic acids is 2. The molecule has 2 N–H and O–H groups in total. The van der Waals surface area contributed by atoms with E-state index in [-0.39, 0.29) is 23.3 Å². The molecule has 0 aliphatic carbocycles. The van der Waals surface area contributed by atoms with E-state index in [4.69, 9.17) is 4.52 Å². The number of anilines is 2. The van der Waals surface area contributed by atoms with Crippen LogP contribution in [0.3, 0.4) is 0 Å². The van der Waals surface area contributed by atoms with Gasteiger partial charge in [0.05, 0.1) is 11.5 Å². The third-order valence-electron chi connectivity index (χ3n) is 2.47. The summed E-state index contributed by atoms with van der Waals surface area (Å²) in [5.74, 6) is 0.111. The van der Waals surface area contributed by atoms with E-state index >= 15 is 0 Å². The van der Waals surface area contributed by atoms with Gasteiger partial charge in [0, 0.05) is 11.8 Å². The van der Waals surface area contributed by atoms with Crippen LogP contribution < -0.4 is 10.6 Å². The molecule has 0 atom stereocenters. The average Bonchev–Trinajstić information content (AvgIpc) is 2.84. The van der Waals surface area contributed by atoms with Gasteiger partial charge >= 0.3 is 0 Å². The Bertz CT molecular complexity index is 675. The van der Waals surface area contributed by atoms with E-state index in [0.717, 1.165) is 11.8 Å². The number of benzene rings is 1. The first-order valence-corrected chi connectivity index (χ1v) is 7.55. The van der Waals surface area contributed by atoms with Crippen molar-refractivity contribution >= 4 is 35.1 Å². The molecule has 0 unspecified atom stereocenters. The Kier molecular flexibility index (Phi) is 5.54. The number of rotatable bonds is 6. The highest BCUT2D eigenvalue weighted by Gasteiger charge is 2.08. The number of hydrogen-bond donors (Lipinski definition) is 2. The molecule has 116 valence electrons. The zero-order chi connectivity index (χ0) is 15.9. The van der Waals surface area contributed by atoms with Crippen molar-refractivity contribution in [3.8, 4) is 0 Å². The third kappa shape index (κ3) is 5.21. The van der Waals surface area contributed by atoms with Gasteiger partial charge in [-0.3, -0.25) is 9.59 Å². The molecule has 6 nitrogen and oxygen atoms in total. The Morgan fingerprint density at radius 2 is 1.95 bits per heavy atom. The van der Waals surface area contributed by atoms with Gasteiger partial charge in [-0.25, -0.2) is 4.39 Å². The van der Waals surface area contributed by atoms with Crippen molar-refractivity contribution in [2.24, 2.45) is 0 Å². The molecule has 0 saturated heterocycles. The van der Waals surface area contributed by atoms with Gasteiger partial charge in [-0.15, -0.1) is 11.8 Å². The molecule has 0 fully saturated rings. The smallest absolute Gasteiger partial charge is 0.235 e. The van der Waals surface area contributed by atoms with Crippen molar-refractivity contribution < 1.29 is 18.5 Å². The molecule has 1 heterocycles. The molecular formula is C14H14FN3O3S. The van der Waals surface area contributed by atoms with Crippen molar-refractivity contribution in [2.45, 2.75) is 6.92 Å². The van der Waals surface area contributed by atoms with Crippen molar-refractivity contribution in [3.05, 3.63) is 41.9 Å². The monoisotopic (exact) mass is 323 g/mol. The summed E-state index contributed by atoms with van der Waals surface area (Å²) in [7, 11) is 0. The summed E-state index contributed by atoms with van der Waals surface area (Å²) in [5, 5.41) is 8.73. The minimum absolute atomic E-state index is 0.0851. The minimum Gasteiger partial charge on any atom is -0.360 e. The summed E-state index contributed by atoms with van der Waals surface area (Å²) in [6.07, 6.45) is 0. The first-order valence-electron chi connectivity index (χ1n) is 6.39. The number of nitrogens with zero attached hydrogens (tertiary/aromatic N) is 1. The molecule has 0 saturated carbocycles. The van der Waals surface area contributed by atoms with Crippen LogP contribution in [0.1, 0.15) is 5.76 Å². The van der Waals surface area contributed by atoms with Gasteiger partial charge in [0.1, 0.15) is 11.6 Å². The number of nitrogens with one attached hydrogen (secondary N) is 2. The number of aromatic nitrogens is 1. The second kappa shape index (κ2) is 7.60. The zero-order valence-electron chi connectivity index (χ0n) is 11.8. The maximum absolute atomic E-state index is 13.0. The lowest BCUT2D eigenvalue weighted by atomic mass is 10.3. The lowest BCUT2D eigenvalue weighted by Crippen LogP contribution is -2.18. The van der Waals surface area contributed by atoms with Gasteiger partial charge in [-0.2, -0.15) is 0 Å². The van der Waals surface area contributed by atoms with Crippen LogP contribution in [0.25, 0.3) is 0 Å². The highest BCUT2D eigenvalue weighted by molar-refractivity contribution is 8.00. The predicted octanol–water partition coefficient (Wildman–Crippen LogP) is 2.43. The van der Waals surface area contributed by atoms with Crippen molar-refractivity contribution in [2.75, 3.05) is 22.1 Å². The Hall–Kier alpha value is -2.35. The van der Waals surface area contributed by atoms with Crippen LogP contribution in [0.15, 0.2) is 34.9 Å². The fraction of sp³-hybridized carbons (Fsp3) is 0.214. The molecule has 0 spiro atoms. The van der Waals surface area contributed by atoms with Crippen molar-refractivity contribution in [3.63, 3.8) is 0 Å². The van der Waals surface area contributed by atoms with E-state index in [1.807, 2.05) is 0 Å². The quantitative estimate of drug-likeness (QED) is 0.853. The molecule has 0 bridgehead atoms. The van der Waals surface area contributed by atoms with E-state index in [0.29, 0.717) is 17.3 Å². The molecule has 1 aromatic carbocycles. The van der Waals surface area contributed by atoms with Crippen LogP contribution in [0.2, 0.25) is 0 Å². The molecule has 8 heteroatoms. The highest BCUT2D eigenvalue weighted by Crippen LogP contribution is 2.11. The highest BCUT2D eigenvalue weighted by atomic mass is 32.2. The molecule has 2 aromatic rings. The molecule has 1 aromatic heterocycles. The van der Waals surface area contributed by atoms with Crippen LogP contribution in [0.4, 0.5) is 15.9 Å². The number of aryl methyl sites for hydroxylation is 1. The van der Waals surface area contributed by atoms with Crippen molar-refractivity contribution in [1.82, 2.24) is 5.16 Å². The van der Waals surface area contributed by atoms with E-state index in [9.17, 15) is 14.0 Å². The van der Waals surface area contributed by atoms with Crippen LogP contribution in [-0.2, 0) is 9.59 Å². The first kappa shape index (κ1) is 16.0. The molecule has 2 amide bonds. The first-order chi connectivity index (χ1) is 10.5. The summed E-state index contributed by atoms with van der Waals surface area (Å²) in [5.41, 5.74) is 0.383. The van der Waals surface area contributed by atoms with E-state index in [1.54, 1.807) is 19.1 Å². The van der Waals surface area contributed by atoms with E-state index in [1.165, 1.54) is 18.2 Å². The lowest BCUT2D eigenvalue weighted by Gasteiger charge is -2.05. The zero-order valence-corrected chi connectivity index (χ0v) is 12.6. The van der Waals surface area contributed by atoms with Crippen LogP contribution in [0, 0.1) is 12.7 Å². The molecule has 0 aliphatic rings. The summed E-state index contributed by atoms with van der Waals surface area (Å²) < 4.78 is 17.8. The van der Waals surface area contributed by atoms with Gasteiger partial charge in [-0.05, 0) is 25.1 Å². The summed E-state index contributed by atoms with van der Waals surface area (Å²) in [4.78, 5) is 23.3. The SMILES string of the molecule is Cc1cc(NC(=O)CSCC(=O)Nc2cccc(F)c2)no1. The molecule has 2 rings (SSSR count). The summed E-state index contributed by atoms with van der Waals surface area (Å²) >= 11 is 1.14. The van der Waals surface area contributed by atoms with Gasteiger partial charge < -0.3 is 15.2 Å². The molecular weight excluding hydrogens is 309 g/mol. The van der Waals surface area contributed by atoms with Gasteiger partial charge in [0.2, 0.25) is 11.8 Å². The number of amides is 2. The van der Waals surface area contributed by atoms with Gasteiger partial charge in [-0.1, -0.05) is 11.2 Å². The number of carbonyl (C=O) groups is 2. The topological polar surface area (TPSA) is 84.2 Å². The Labute approximate surface area is 130 Å². The molecule has 0 radical (unpaired) electrons. The fourth-order valence-electron chi connectivity index (χ4n) is 1.60. The number of hydrogen-bond acceptors (Lipinski definition) is 5. The standard InChI is InChI=1S/C14H14FN3O3S/c1-9-5-12(18-21-9)17-14(20)8-22-7-13(19)16-11-4-2-3-10(15)6-11/h2-6H,7-8H2,1H3,(H,16,19)(H,17,18,20). The van der Waals surface area contributed by atoms with Crippen LogP contribution in [0.5, 0.6) is 0 Å². The van der Waals surface area contributed by atoms with E-state index in [2.05, 4.69) is 15.8 Å². The Morgan fingerprint density at radius 3 is 2.59 bits per heavy atom. The van der Waals surface area contributed by atoms with Crippen LogP contribution >= 0.6 is 11.8 Å². The molecule has 22 heavy (non-hydrogen) atoms. The molecule has 0 aliphatic heterocycles. The maximum atomic E-state index is 13.0. The lowest BCUT2D eigenvalue weighted by molar-refractivity contribution is -0.114. The normalized spacial score (nSPS) is 10.3. The van der Waals surface area contributed by atoms with Crippen molar-refractivity contribution in [1.29, 1.82) is 0 Å². The maximum Gasteiger partial charge on any atom is 0.235 e. The summed E-state index contributed by atoms with van der Waals surface area (Å²) in [6, 6.07) is 7.21. The minimum atomic E-state index is -0.423. The second-order valence-electron chi connectivity index (χ2n) is 4.42. The van der Waals surface area contributed by atoms with E-state index < -0.39 is 5.82 Å². The summed E-state index contributed by atoms with van der Waals surface area (Å²) in [6.45, 7) is 1.72. The Balaban J connectivity index is 1.69. The van der Waals surface area contributed by atoms with Gasteiger partial charge in [0.15, 0.2) is 5.82 Å². The Morgan fingerprint density at radius 1 is 1.23 bits per heavy atom. The largest absolute Gasteiger partial charge is 0.360 e. The van der Waals surface area contributed by atoms with Gasteiger partial charge in [0.25, 0.3) is 0 Å². The van der Waals surface area contributed by atoms with Crippen LogP contribution in [-0.4, -0.2) is 28.5 Å².